The normalized spacial score (nSPS) is 12.1. The van der Waals surface area contributed by atoms with Crippen LogP contribution in [-0.2, 0) is 6.61 Å². The van der Waals surface area contributed by atoms with Crippen LogP contribution in [-0.4, -0.2) is 5.11 Å². The van der Waals surface area contributed by atoms with Crippen LogP contribution >= 0.6 is 0 Å². The molecule has 0 amide bonds. The first kappa shape index (κ1) is 13.4. The van der Waals surface area contributed by atoms with E-state index in [1.54, 1.807) is 18.2 Å². The first-order valence-corrected chi connectivity index (χ1v) is 6.46. The van der Waals surface area contributed by atoms with Crippen LogP contribution in [0.1, 0.15) is 30.5 Å². The lowest BCUT2D eigenvalue weighted by Crippen LogP contribution is -2.10. The van der Waals surface area contributed by atoms with Crippen molar-refractivity contribution < 1.29 is 9.84 Å². The maximum Gasteiger partial charge on any atom is 0.124 e. The number of phenols is 1. The summed E-state index contributed by atoms with van der Waals surface area (Å²) >= 11 is 0. The van der Waals surface area contributed by atoms with Gasteiger partial charge in [-0.1, -0.05) is 37.3 Å². The molecule has 2 aromatic rings. The van der Waals surface area contributed by atoms with Gasteiger partial charge in [-0.25, -0.2) is 0 Å². The molecule has 3 N–H and O–H groups in total. The van der Waals surface area contributed by atoms with E-state index in [1.807, 2.05) is 30.3 Å². The van der Waals surface area contributed by atoms with Crippen molar-refractivity contribution >= 4 is 0 Å². The molecular formula is C16H19NO2. The summed E-state index contributed by atoms with van der Waals surface area (Å²) in [7, 11) is 0. The van der Waals surface area contributed by atoms with Crippen LogP contribution < -0.4 is 10.5 Å². The molecule has 19 heavy (non-hydrogen) atoms. The van der Waals surface area contributed by atoms with Gasteiger partial charge in [-0.15, -0.1) is 0 Å². The van der Waals surface area contributed by atoms with Crippen molar-refractivity contribution in [3.63, 3.8) is 0 Å². The molecule has 3 nitrogen and oxygen atoms in total. The van der Waals surface area contributed by atoms with Crippen molar-refractivity contribution in [1.29, 1.82) is 0 Å². The van der Waals surface area contributed by atoms with E-state index in [0.29, 0.717) is 6.61 Å². The summed E-state index contributed by atoms with van der Waals surface area (Å²) in [5.74, 6) is 1.06. The van der Waals surface area contributed by atoms with Crippen LogP contribution in [0.4, 0.5) is 0 Å². The van der Waals surface area contributed by atoms with E-state index in [1.165, 1.54) is 0 Å². The van der Waals surface area contributed by atoms with Crippen molar-refractivity contribution in [2.24, 2.45) is 5.73 Å². The molecule has 0 heterocycles. The van der Waals surface area contributed by atoms with Crippen LogP contribution in [0.2, 0.25) is 0 Å². The summed E-state index contributed by atoms with van der Waals surface area (Å²) in [5.41, 5.74) is 8.02. The lowest BCUT2D eigenvalue weighted by Gasteiger charge is -2.15. The maximum absolute atomic E-state index is 9.42. The highest BCUT2D eigenvalue weighted by Crippen LogP contribution is 2.26. The highest BCUT2D eigenvalue weighted by atomic mass is 16.5. The number of aromatic hydroxyl groups is 1. The van der Waals surface area contributed by atoms with Crippen molar-refractivity contribution in [1.82, 2.24) is 0 Å². The molecule has 1 atom stereocenters. The number of para-hydroxylation sites is 1. The molecule has 2 aromatic carbocycles. The lowest BCUT2D eigenvalue weighted by molar-refractivity contribution is 0.300. The molecule has 100 valence electrons. The summed E-state index contributed by atoms with van der Waals surface area (Å²) in [4.78, 5) is 0. The number of rotatable bonds is 5. The van der Waals surface area contributed by atoms with Crippen molar-refractivity contribution in [3.05, 3.63) is 59.7 Å². The molecule has 0 aliphatic carbocycles. The minimum absolute atomic E-state index is 0.0135. The maximum atomic E-state index is 9.42. The molecule has 0 saturated heterocycles. The quantitative estimate of drug-likeness (QED) is 0.863. The third-order valence-electron chi connectivity index (χ3n) is 3.06. The average molecular weight is 257 g/mol. The number of phenolic OH excluding ortho intramolecular Hbond substituents is 1. The molecule has 0 radical (unpaired) electrons. The number of hydrogen-bond donors (Lipinski definition) is 2. The zero-order valence-corrected chi connectivity index (χ0v) is 11.0. The van der Waals surface area contributed by atoms with Crippen LogP contribution in [0, 0.1) is 0 Å². The average Bonchev–Trinajstić information content (AvgIpc) is 2.45. The fraction of sp³-hybridized carbons (Fsp3) is 0.250. The predicted octanol–water partition coefficient (Wildman–Crippen LogP) is 3.38. The molecule has 0 aromatic heterocycles. The second kappa shape index (κ2) is 6.25. The number of ether oxygens (including phenoxy) is 1. The Hall–Kier alpha value is -2.00. The molecule has 2 rings (SSSR count). The molecule has 0 spiro atoms. The fourth-order valence-electron chi connectivity index (χ4n) is 1.95. The van der Waals surface area contributed by atoms with Gasteiger partial charge in [0, 0.05) is 11.6 Å². The molecule has 0 aliphatic rings. The summed E-state index contributed by atoms with van der Waals surface area (Å²) in [6, 6.07) is 14.9. The molecular weight excluding hydrogens is 238 g/mol. The Morgan fingerprint density at radius 3 is 2.68 bits per heavy atom. The van der Waals surface area contributed by atoms with Gasteiger partial charge in [0.05, 0.1) is 0 Å². The Morgan fingerprint density at radius 1 is 1.16 bits per heavy atom. The Balaban J connectivity index is 2.11. The van der Waals surface area contributed by atoms with E-state index in [-0.39, 0.29) is 11.8 Å². The minimum atomic E-state index is -0.0135. The minimum Gasteiger partial charge on any atom is -0.508 e. The summed E-state index contributed by atoms with van der Waals surface area (Å²) in [5, 5.41) is 9.42. The monoisotopic (exact) mass is 257 g/mol. The molecule has 0 bridgehead atoms. The van der Waals surface area contributed by atoms with Crippen LogP contribution in [0.5, 0.6) is 11.5 Å². The van der Waals surface area contributed by atoms with Gasteiger partial charge in [0.2, 0.25) is 0 Å². The Kier molecular flexibility index (Phi) is 4.42. The highest BCUT2D eigenvalue weighted by molar-refractivity contribution is 5.36. The molecule has 3 heteroatoms. The van der Waals surface area contributed by atoms with E-state index in [4.69, 9.17) is 10.5 Å². The summed E-state index contributed by atoms with van der Waals surface area (Å²) < 4.78 is 5.81. The molecule has 0 unspecified atom stereocenters. The zero-order valence-electron chi connectivity index (χ0n) is 11.0. The first-order valence-electron chi connectivity index (χ1n) is 6.46. The standard InChI is InChI=1S/C16H19NO2/c1-2-15(17)14-8-3-4-9-16(14)19-11-12-6-5-7-13(18)10-12/h3-10,15,18H,2,11,17H2,1H3/t15-/m0/s1. The van der Waals surface area contributed by atoms with E-state index in [2.05, 4.69) is 6.92 Å². The Bertz CT molecular complexity index is 540. The lowest BCUT2D eigenvalue weighted by atomic mass is 10.0. The predicted molar refractivity (Wildman–Crippen MR) is 76.1 cm³/mol. The summed E-state index contributed by atoms with van der Waals surface area (Å²) in [6.07, 6.45) is 0.868. The molecule has 0 fully saturated rings. The SMILES string of the molecule is CC[C@H](N)c1ccccc1OCc1cccc(O)c1. The van der Waals surface area contributed by atoms with Gasteiger partial charge >= 0.3 is 0 Å². The second-order valence-corrected chi connectivity index (χ2v) is 4.51. The topological polar surface area (TPSA) is 55.5 Å². The number of nitrogens with two attached hydrogens (primary N) is 1. The second-order valence-electron chi connectivity index (χ2n) is 4.51. The van der Waals surface area contributed by atoms with Crippen molar-refractivity contribution in [2.75, 3.05) is 0 Å². The van der Waals surface area contributed by atoms with E-state index >= 15 is 0 Å². The van der Waals surface area contributed by atoms with Gasteiger partial charge < -0.3 is 15.6 Å². The highest BCUT2D eigenvalue weighted by Gasteiger charge is 2.09. The first-order chi connectivity index (χ1) is 9.20. The summed E-state index contributed by atoms with van der Waals surface area (Å²) in [6.45, 7) is 2.47. The van der Waals surface area contributed by atoms with Gasteiger partial charge in [0.15, 0.2) is 0 Å². The van der Waals surface area contributed by atoms with E-state index < -0.39 is 0 Å². The van der Waals surface area contributed by atoms with Crippen LogP contribution in [0.3, 0.4) is 0 Å². The van der Waals surface area contributed by atoms with Crippen molar-refractivity contribution in [2.45, 2.75) is 26.0 Å². The third-order valence-corrected chi connectivity index (χ3v) is 3.06. The van der Waals surface area contributed by atoms with Gasteiger partial charge in [-0.2, -0.15) is 0 Å². The zero-order chi connectivity index (χ0) is 13.7. The van der Waals surface area contributed by atoms with Crippen LogP contribution in [0.25, 0.3) is 0 Å². The Labute approximate surface area is 113 Å². The number of benzene rings is 2. The fourth-order valence-corrected chi connectivity index (χ4v) is 1.95. The number of hydrogen-bond acceptors (Lipinski definition) is 3. The Morgan fingerprint density at radius 2 is 1.95 bits per heavy atom. The van der Waals surface area contributed by atoms with Crippen LogP contribution in [0.15, 0.2) is 48.5 Å². The van der Waals surface area contributed by atoms with E-state index in [9.17, 15) is 5.11 Å². The van der Waals surface area contributed by atoms with Gasteiger partial charge in [0.1, 0.15) is 18.1 Å². The molecule has 0 saturated carbocycles. The largest absolute Gasteiger partial charge is 0.508 e. The smallest absolute Gasteiger partial charge is 0.124 e. The van der Waals surface area contributed by atoms with E-state index in [0.717, 1.165) is 23.3 Å². The third kappa shape index (κ3) is 3.48. The van der Waals surface area contributed by atoms with Gasteiger partial charge in [0.25, 0.3) is 0 Å². The van der Waals surface area contributed by atoms with Gasteiger partial charge in [-0.05, 0) is 30.2 Å². The van der Waals surface area contributed by atoms with Crippen molar-refractivity contribution in [3.8, 4) is 11.5 Å². The molecule has 0 aliphatic heterocycles. The van der Waals surface area contributed by atoms with Gasteiger partial charge in [-0.3, -0.25) is 0 Å².